The van der Waals surface area contributed by atoms with E-state index in [1.54, 1.807) is 11.8 Å². The van der Waals surface area contributed by atoms with Gasteiger partial charge in [-0.05, 0) is 24.6 Å². The zero-order valence-electron chi connectivity index (χ0n) is 7.36. The maximum atomic E-state index is 10.2. The van der Waals surface area contributed by atoms with Gasteiger partial charge in [-0.15, -0.1) is 11.8 Å². The summed E-state index contributed by atoms with van der Waals surface area (Å²) in [4.78, 5) is 1.19. The van der Waals surface area contributed by atoms with E-state index in [-0.39, 0.29) is 0 Å². The minimum Gasteiger partial charge on any atom is -0.384 e. The van der Waals surface area contributed by atoms with Crippen LogP contribution in [0.2, 0.25) is 0 Å². The van der Waals surface area contributed by atoms with Crippen LogP contribution in [-0.4, -0.2) is 17.4 Å². The summed E-state index contributed by atoms with van der Waals surface area (Å²) < 4.78 is 0. The first kappa shape index (κ1) is 9.06. The summed E-state index contributed by atoms with van der Waals surface area (Å²) in [6.07, 6.45) is 0.650. The number of hydrogen-bond acceptors (Lipinski definition) is 3. The van der Waals surface area contributed by atoms with Crippen LogP contribution in [0.5, 0.6) is 0 Å². The molecule has 70 valence electrons. The standard InChI is InChI=1S/C10H13NOS/c11-6-5-10(12)7-13-9-4-2-1-3-8(9)10/h1-4,12H,5-7,11H2. The molecule has 3 heteroatoms. The smallest absolute Gasteiger partial charge is 0.101 e. The van der Waals surface area contributed by atoms with Gasteiger partial charge in [-0.2, -0.15) is 0 Å². The molecule has 0 saturated heterocycles. The largest absolute Gasteiger partial charge is 0.384 e. The van der Waals surface area contributed by atoms with E-state index in [9.17, 15) is 5.11 Å². The Labute approximate surface area is 82.1 Å². The zero-order chi connectivity index (χ0) is 9.31. The highest BCUT2D eigenvalue weighted by atomic mass is 32.2. The Kier molecular flexibility index (Phi) is 2.32. The van der Waals surface area contributed by atoms with Crippen molar-refractivity contribution in [1.29, 1.82) is 0 Å². The number of hydrogen-bond donors (Lipinski definition) is 2. The Morgan fingerprint density at radius 3 is 3.00 bits per heavy atom. The first-order chi connectivity index (χ1) is 6.26. The molecule has 1 aliphatic heterocycles. The van der Waals surface area contributed by atoms with E-state index in [0.717, 1.165) is 11.3 Å². The van der Waals surface area contributed by atoms with Crippen molar-refractivity contribution in [2.75, 3.05) is 12.3 Å². The first-order valence-electron chi connectivity index (χ1n) is 4.41. The van der Waals surface area contributed by atoms with E-state index in [1.165, 1.54) is 4.90 Å². The van der Waals surface area contributed by atoms with Crippen LogP contribution in [0.3, 0.4) is 0 Å². The molecule has 13 heavy (non-hydrogen) atoms. The monoisotopic (exact) mass is 195 g/mol. The molecule has 0 amide bonds. The Morgan fingerprint density at radius 2 is 2.23 bits per heavy atom. The fourth-order valence-electron chi connectivity index (χ4n) is 1.70. The third-order valence-corrected chi connectivity index (χ3v) is 3.70. The molecule has 3 N–H and O–H groups in total. The van der Waals surface area contributed by atoms with Gasteiger partial charge in [0.05, 0.1) is 0 Å². The number of nitrogens with two attached hydrogens (primary N) is 1. The molecule has 0 bridgehead atoms. The van der Waals surface area contributed by atoms with Crippen molar-refractivity contribution in [3.05, 3.63) is 29.8 Å². The minimum atomic E-state index is -0.685. The van der Waals surface area contributed by atoms with Gasteiger partial charge in [-0.3, -0.25) is 0 Å². The Balaban J connectivity index is 2.37. The number of fused-ring (bicyclic) bond motifs is 1. The second-order valence-corrected chi connectivity index (χ2v) is 4.37. The summed E-state index contributed by atoms with van der Waals surface area (Å²) in [6.45, 7) is 0.533. The van der Waals surface area contributed by atoms with Gasteiger partial charge < -0.3 is 10.8 Å². The molecular formula is C10H13NOS. The Hall–Kier alpha value is -0.510. The van der Waals surface area contributed by atoms with E-state index >= 15 is 0 Å². The van der Waals surface area contributed by atoms with Crippen molar-refractivity contribution in [2.45, 2.75) is 16.9 Å². The van der Waals surface area contributed by atoms with Crippen LogP contribution in [0.4, 0.5) is 0 Å². The number of rotatable bonds is 2. The molecule has 0 aromatic heterocycles. The molecular weight excluding hydrogens is 182 g/mol. The van der Waals surface area contributed by atoms with E-state index in [1.807, 2.05) is 18.2 Å². The molecule has 0 radical (unpaired) electrons. The van der Waals surface area contributed by atoms with Crippen LogP contribution in [-0.2, 0) is 5.60 Å². The molecule has 0 aliphatic carbocycles. The van der Waals surface area contributed by atoms with Gasteiger partial charge in [0.1, 0.15) is 5.60 Å². The third-order valence-electron chi connectivity index (χ3n) is 2.41. The van der Waals surface area contributed by atoms with Crippen LogP contribution < -0.4 is 5.73 Å². The summed E-state index contributed by atoms with van der Waals surface area (Å²) in [6, 6.07) is 8.01. The van der Waals surface area contributed by atoms with Gasteiger partial charge in [0.2, 0.25) is 0 Å². The normalized spacial score (nSPS) is 26.0. The minimum absolute atomic E-state index is 0.533. The molecule has 0 saturated carbocycles. The van der Waals surface area contributed by atoms with Gasteiger partial charge in [0, 0.05) is 10.6 Å². The number of benzene rings is 1. The fraction of sp³-hybridized carbons (Fsp3) is 0.400. The van der Waals surface area contributed by atoms with Crippen LogP contribution in [0.1, 0.15) is 12.0 Å². The molecule has 1 heterocycles. The van der Waals surface area contributed by atoms with Crippen molar-refractivity contribution in [3.8, 4) is 0 Å². The van der Waals surface area contributed by atoms with E-state index in [4.69, 9.17) is 5.73 Å². The van der Waals surface area contributed by atoms with Gasteiger partial charge in [0.25, 0.3) is 0 Å². The molecule has 1 atom stereocenters. The summed E-state index contributed by atoms with van der Waals surface area (Å²) in [5.41, 5.74) is 5.84. The average Bonchev–Trinajstić information content (AvgIpc) is 2.46. The van der Waals surface area contributed by atoms with Crippen molar-refractivity contribution in [2.24, 2.45) is 5.73 Å². The molecule has 0 fully saturated rings. The van der Waals surface area contributed by atoms with Gasteiger partial charge >= 0.3 is 0 Å². The molecule has 1 aromatic carbocycles. The number of thioether (sulfide) groups is 1. The lowest BCUT2D eigenvalue weighted by Gasteiger charge is -2.21. The lowest BCUT2D eigenvalue weighted by atomic mass is 9.93. The molecule has 2 nitrogen and oxygen atoms in total. The van der Waals surface area contributed by atoms with Crippen LogP contribution >= 0.6 is 11.8 Å². The van der Waals surface area contributed by atoms with Crippen LogP contribution in [0, 0.1) is 0 Å². The quantitative estimate of drug-likeness (QED) is 0.748. The van der Waals surface area contributed by atoms with E-state index < -0.39 is 5.60 Å². The Bertz CT molecular complexity index is 312. The maximum absolute atomic E-state index is 10.2. The second kappa shape index (κ2) is 3.33. The predicted octanol–water partition coefficient (Wildman–Crippen LogP) is 1.33. The SMILES string of the molecule is NCCC1(O)CSc2ccccc21. The second-order valence-electron chi connectivity index (χ2n) is 3.36. The summed E-state index contributed by atoms with van der Waals surface area (Å²) in [5, 5.41) is 10.2. The molecule has 2 rings (SSSR count). The maximum Gasteiger partial charge on any atom is 0.101 e. The van der Waals surface area contributed by atoms with Gasteiger partial charge in [-0.25, -0.2) is 0 Å². The Morgan fingerprint density at radius 1 is 1.46 bits per heavy atom. The first-order valence-corrected chi connectivity index (χ1v) is 5.39. The highest BCUT2D eigenvalue weighted by Gasteiger charge is 2.35. The van der Waals surface area contributed by atoms with Crippen LogP contribution in [0.15, 0.2) is 29.2 Å². The van der Waals surface area contributed by atoms with E-state index in [2.05, 4.69) is 6.07 Å². The topological polar surface area (TPSA) is 46.2 Å². The fourth-order valence-corrected chi connectivity index (χ4v) is 2.98. The van der Waals surface area contributed by atoms with Crippen molar-refractivity contribution in [3.63, 3.8) is 0 Å². The van der Waals surface area contributed by atoms with Crippen molar-refractivity contribution in [1.82, 2.24) is 0 Å². The predicted molar refractivity (Wildman–Crippen MR) is 54.7 cm³/mol. The number of aliphatic hydroxyl groups is 1. The van der Waals surface area contributed by atoms with Gasteiger partial charge in [0.15, 0.2) is 0 Å². The lowest BCUT2D eigenvalue weighted by Crippen LogP contribution is -2.28. The summed E-state index contributed by atoms with van der Waals surface area (Å²) in [7, 11) is 0. The highest BCUT2D eigenvalue weighted by molar-refractivity contribution is 7.99. The van der Waals surface area contributed by atoms with Crippen molar-refractivity contribution >= 4 is 11.8 Å². The third kappa shape index (κ3) is 1.47. The molecule has 1 aliphatic rings. The summed E-state index contributed by atoms with van der Waals surface area (Å²) >= 11 is 1.71. The van der Waals surface area contributed by atoms with Gasteiger partial charge in [-0.1, -0.05) is 18.2 Å². The molecule has 1 unspecified atom stereocenters. The highest BCUT2D eigenvalue weighted by Crippen LogP contribution is 2.43. The zero-order valence-corrected chi connectivity index (χ0v) is 8.18. The average molecular weight is 195 g/mol. The lowest BCUT2D eigenvalue weighted by molar-refractivity contribution is 0.0568. The summed E-state index contributed by atoms with van der Waals surface area (Å²) in [5.74, 6) is 0.740. The van der Waals surface area contributed by atoms with Crippen molar-refractivity contribution < 1.29 is 5.11 Å². The van der Waals surface area contributed by atoms with Crippen LogP contribution in [0.25, 0.3) is 0 Å². The molecule has 1 aromatic rings. The molecule has 0 spiro atoms. The van der Waals surface area contributed by atoms with E-state index in [0.29, 0.717) is 13.0 Å².